The third kappa shape index (κ3) is 4.30. The van der Waals surface area contributed by atoms with Gasteiger partial charge in [0.1, 0.15) is 0 Å². The Bertz CT molecular complexity index is 561. The van der Waals surface area contributed by atoms with E-state index in [1.54, 1.807) is 9.80 Å². The second-order valence-corrected chi connectivity index (χ2v) is 8.55. The second kappa shape index (κ2) is 7.84. The van der Waals surface area contributed by atoms with Gasteiger partial charge in [0, 0.05) is 32.7 Å². The first-order valence-corrected chi connectivity index (χ1v) is 9.91. The van der Waals surface area contributed by atoms with Gasteiger partial charge < -0.3 is 20.2 Å². The maximum absolute atomic E-state index is 13.0. The van der Waals surface area contributed by atoms with Crippen molar-refractivity contribution in [1.29, 1.82) is 0 Å². The molecule has 146 valence electrons. The van der Waals surface area contributed by atoms with Crippen molar-refractivity contribution in [2.75, 3.05) is 32.7 Å². The number of rotatable bonds is 5. The fraction of sp³-hybridized carbons (Fsp3) is 0.842. The zero-order valence-electron chi connectivity index (χ0n) is 15.8. The van der Waals surface area contributed by atoms with Crippen molar-refractivity contribution >= 4 is 17.9 Å². The molecule has 0 aromatic rings. The van der Waals surface area contributed by atoms with Crippen molar-refractivity contribution in [2.24, 2.45) is 29.6 Å². The molecule has 1 unspecified atom stereocenters. The molecule has 0 radical (unpaired) electrons. The second-order valence-electron chi connectivity index (χ2n) is 8.55. The number of urea groups is 1. The van der Waals surface area contributed by atoms with Crippen LogP contribution in [0.2, 0.25) is 0 Å². The fourth-order valence-electron chi connectivity index (χ4n) is 4.30. The number of piperidine rings is 1. The number of likely N-dealkylation sites (tertiary alicyclic amines) is 2. The van der Waals surface area contributed by atoms with E-state index in [4.69, 9.17) is 0 Å². The van der Waals surface area contributed by atoms with Crippen LogP contribution in [0.3, 0.4) is 0 Å². The van der Waals surface area contributed by atoms with Crippen molar-refractivity contribution in [3.05, 3.63) is 0 Å². The van der Waals surface area contributed by atoms with E-state index in [-0.39, 0.29) is 23.8 Å². The Balaban J connectivity index is 1.57. The number of hydrogen-bond donors (Lipinski definition) is 2. The van der Waals surface area contributed by atoms with Gasteiger partial charge in [-0.25, -0.2) is 4.79 Å². The first-order chi connectivity index (χ1) is 12.4. The number of carboxylic acids is 1. The van der Waals surface area contributed by atoms with E-state index in [0.29, 0.717) is 44.6 Å². The van der Waals surface area contributed by atoms with Gasteiger partial charge in [0.25, 0.3) is 0 Å². The maximum atomic E-state index is 13.0. The Labute approximate surface area is 155 Å². The summed E-state index contributed by atoms with van der Waals surface area (Å²) < 4.78 is 0. The molecule has 2 aliphatic heterocycles. The molecule has 0 aromatic heterocycles. The molecule has 3 aliphatic rings. The quantitative estimate of drug-likeness (QED) is 0.775. The minimum Gasteiger partial charge on any atom is -0.481 e. The molecule has 3 atom stereocenters. The van der Waals surface area contributed by atoms with Crippen LogP contribution in [0.4, 0.5) is 4.79 Å². The zero-order valence-corrected chi connectivity index (χ0v) is 15.8. The number of amides is 3. The molecule has 2 N–H and O–H groups in total. The van der Waals surface area contributed by atoms with E-state index < -0.39 is 11.9 Å². The van der Waals surface area contributed by atoms with Crippen LogP contribution in [0.25, 0.3) is 0 Å². The van der Waals surface area contributed by atoms with Crippen LogP contribution in [0, 0.1) is 29.6 Å². The predicted octanol–water partition coefficient (Wildman–Crippen LogP) is 1.63. The van der Waals surface area contributed by atoms with Crippen LogP contribution in [0.1, 0.15) is 39.5 Å². The summed E-state index contributed by atoms with van der Waals surface area (Å²) in [7, 11) is 0. The lowest BCUT2D eigenvalue weighted by atomic mass is 9.92. The molecule has 0 aromatic carbocycles. The predicted molar refractivity (Wildman–Crippen MR) is 96.5 cm³/mol. The summed E-state index contributed by atoms with van der Waals surface area (Å²) in [5, 5.41) is 12.4. The van der Waals surface area contributed by atoms with Gasteiger partial charge >= 0.3 is 12.0 Å². The van der Waals surface area contributed by atoms with Gasteiger partial charge in [-0.2, -0.15) is 0 Å². The summed E-state index contributed by atoms with van der Waals surface area (Å²) in [5.41, 5.74) is 0. The van der Waals surface area contributed by atoms with Crippen LogP contribution < -0.4 is 5.32 Å². The summed E-state index contributed by atoms with van der Waals surface area (Å²) in [6.45, 7) is 6.73. The standard InChI is InChI=1S/C19H31N3O4/c1-12(2)8-20-19(26)21-7-3-4-14(9-21)17(23)22-10-15(13-5-6-13)16(11-22)18(24)25/h12-16H,3-11H2,1-2H3,(H,20,26)(H,24,25)/t14?,15-,16+/m1/s1. The lowest BCUT2D eigenvalue weighted by Crippen LogP contribution is -2.50. The highest BCUT2D eigenvalue weighted by Crippen LogP contribution is 2.44. The van der Waals surface area contributed by atoms with Crippen molar-refractivity contribution in [3.63, 3.8) is 0 Å². The van der Waals surface area contributed by atoms with Gasteiger partial charge in [-0.05, 0) is 43.4 Å². The maximum Gasteiger partial charge on any atom is 0.317 e. The molecule has 1 aliphatic carbocycles. The molecule has 2 heterocycles. The molecule has 7 heteroatoms. The van der Waals surface area contributed by atoms with Crippen LogP contribution in [0.15, 0.2) is 0 Å². The van der Waals surface area contributed by atoms with Gasteiger partial charge in [0.15, 0.2) is 0 Å². The van der Waals surface area contributed by atoms with Gasteiger partial charge in [0.05, 0.1) is 11.8 Å². The van der Waals surface area contributed by atoms with Gasteiger partial charge in [-0.3, -0.25) is 9.59 Å². The number of nitrogens with zero attached hydrogens (tertiary/aromatic N) is 2. The summed E-state index contributed by atoms with van der Waals surface area (Å²) >= 11 is 0. The van der Waals surface area contributed by atoms with Crippen molar-refractivity contribution in [1.82, 2.24) is 15.1 Å². The highest BCUT2D eigenvalue weighted by molar-refractivity contribution is 5.82. The van der Waals surface area contributed by atoms with Crippen molar-refractivity contribution < 1.29 is 19.5 Å². The Morgan fingerprint density at radius 2 is 1.81 bits per heavy atom. The molecule has 26 heavy (non-hydrogen) atoms. The van der Waals surface area contributed by atoms with Crippen molar-refractivity contribution in [3.8, 4) is 0 Å². The number of hydrogen-bond acceptors (Lipinski definition) is 3. The molecule has 0 spiro atoms. The largest absolute Gasteiger partial charge is 0.481 e. The number of nitrogens with one attached hydrogen (secondary N) is 1. The Morgan fingerprint density at radius 3 is 2.42 bits per heavy atom. The van der Waals surface area contributed by atoms with E-state index in [9.17, 15) is 19.5 Å². The highest BCUT2D eigenvalue weighted by Gasteiger charge is 2.47. The number of carbonyl (C=O) groups is 3. The first kappa shape index (κ1) is 19.0. The Kier molecular flexibility index (Phi) is 5.73. The van der Waals surface area contributed by atoms with Crippen LogP contribution in [-0.4, -0.2) is 65.5 Å². The molecule has 3 amide bonds. The summed E-state index contributed by atoms with van der Waals surface area (Å²) in [6, 6.07) is -0.100. The fourth-order valence-corrected chi connectivity index (χ4v) is 4.30. The van der Waals surface area contributed by atoms with Gasteiger partial charge in [-0.1, -0.05) is 13.8 Å². The monoisotopic (exact) mass is 365 g/mol. The molecule has 3 fully saturated rings. The lowest BCUT2D eigenvalue weighted by molar-refractivity contribution is -0.143. The van der Waals surface area contributed by atoms with E-state index in [0.717, 1.165) is 25.7 Å². The molecule has 2 saturated heterocycles. The number of carboxylic acid groups (broad SMARTS) is 1. The van der Waals surface area contributed by atoms with Crippen LogP contribution in [0.5, 0.6) is 0 Å². The molecule has 7 nitrogen and oxygen atoms in total. The molecular formula is C19H31N3O4. The van der Waals surface area contributed by atoms with E-state index in [2.05, 4.69) is 5.32 Å². The smallest absolute Gasteiger partial charge is 0.317 e. The lowest BCUT2D eigenvalue weighted by Gasteiger charge is -2.34. The van der Waals surface area contributed by atoms with E-state index in [1.165, 1.54) is 0 Å². The van der Waals surface area contributed by atoms with Crippen LogP contribution >= 0.6 is 0 Å². The Morgan fingerprint density at radius 1 is 1.08 bits per heavy atom. The zero-order chi connectivity index (χ0) is 18.8. The first-order valence-electron chi connectivity index (χ1n) is 9.91. The summed E-state index contributed by atoms with van der Waals surface area (Å²) in [6.07, 6.45) is 3.76. The molecule has 0 bridgehead atoms. The number of aliphatic carboxylic acids is 1. The SMILES string of the molecule is CC(C)CNC(=O)N1CCCC(C(=O)N2C[C@H](C(=O)O)[C@@H](C3CC3)C2)C1. The summed E-state index contributed by atoms with van der Waals surface area (Å²) in [5.74, 6) is -0.431. The minimum absolute atomic E-state index is 0.0285. The van der Waals surface area contributed by atoms with Gasteiger partial charge in [0.2, 0.25) is 5.91 Å². The summed E-state index contributed by atoms with van der Waals surface area (Å²) in [4.78, 5) is 40.3. The normalized spacial score (nSPS) is 29.1. The molecular weight excluding hydrogens is 334 g/mol. The minimum atomic E-state index is -0.782. The third-order valence-electron chi connectivity index (χ3n) is 5.94. The average Bonchev–Trinajstić information content (AvgIpc) is 3.37. The van der Waals surface area contributed by atoms with Crippen LogP contribution in [-0.2, 0) is 9.59 Å². The van der Waals surface area contributed by atoms with Gasteiger partial charge in [-0.15, -0.1) is 0 Å². The van der Waals surface area contributed by atoms with Crippen molar-refractivity contribution in [2.45, 2.75) is 39.5 Å². The van der Waals surface area contributed by atoms with E-state index >= 15 is 0 Å². The van der Waals surface area contributed by atoms with E-state index in [1.807, 2.05) is 13.8 Å². The topological polar surface area (TPSA) is 90.0 Å². The molecule has 3 rings (SSSR count). The molecule has 1 saturated carbocycles. The Hall–Kier alpha value is -1.79. The highest BCUT2D eigenvalue weighted by atomic mass is 16.4. The number of carbonyl (C=O) groups excluding carboxylic acids is 2. The third-order valence-corrected chi connectivity index (χ3v) is 5.94. The average molecular weight is 365 g/mol.